The van der Waals surface area contributed by atoms with Crippen LogP contribution < -0.4 is 5.32 Å². The highest BCUT2D eigenvalue weighted by molar-refractivity contribution is 7.99. The second-order valence-electron chi connectivity index (χ2n) is 4.62. The largest absolute Gasteiger partial charge is 0.465 e. The smallest absolute Gasteiger partial charge is 0.117 e. The van der Waals surface area contributed by atoms with Gasteiger partial charge in [0, 0.05) is 10.9 Å². The van der Waals surface area contributed by atoms with Crippen molar-refractivity contribution in [2.75, 3.05) is 5.75 Å². The number of thioether (sulfide) groups is 1. The summed E-state index contributed by atoms with van der Waals surface area (Å²) < 4.78 is 5.55. The van der Waals surface area contributed by atoms with Crippen molar-refractivity contribution in [2.24, 2.45) is 0 Å². The Morgan fingerprint density at radius 3 is 2.47 bits per heavy atom. The second-order valence-corrected chi connectivity index (χ2v) is 5.95. The molecule has 1 atom stereocenters. The number of aryl methyl sites for hydroxylation is 1. The van der Waals surface area contributed by atoms with Crippen LogP contribution in [0.1, 0.15) is 37.0 Å². The Morgan fingerprint density at radius 2 is 1.89 bits per heavy atom. The molecular formula is C16H21NOS. The topological polar surface area (TPSA) is 25.2 Å². The van der Waals surface area contributed by atoms with Crippen LogP contribution in [-0.4, -0.2) is 5.75 Å². The van der Waals surface area contributed by atoms with Crippen LogP contribution in [0, 0.1) is 6.92 Å². The predicted molar refractivity (Wildman–Crippen MR) is 81.5 cm³/mol. The van der Waals surface area contributed by atoms with Gasteiger partial charge in [-0.25, -0.2) is 0 Å². The first-order chi connectivity index (χ1) is 9.19. The molecule has 1 aromatic heterocycles. The number of furan rings is 1. The molecule has 19 heavy (non-hydrogen) atoms. The number of nitrogens with one attached hydrogen (secondary N) is 1. The molecule has 1 unspecified atom stereocenters. The van der Waals surface area contributed by atoms with Gasteiger partial charge in [-0.1, -0.05) is 19.1 Å². The minimum absolute atomic E-state index is 0.325. The Kier molecular flexibility index (Phi) is 5.11. The van der Waals surface area contributed by atoms with E-state index in [1.165, 1.54) is 10.5 Å². The van der Waals surface area contributed by atoms with E-state index in [0.717, 1.165) is 23.8 Å². The molecule has 102 valence electrons. The maximum Gasteiger partial charge on any atom is 0.117 e. The molecule has 2 aromatic rings. The standard InChI is InChI=1S/C16H21NOS/c1-4-19-16-9-6-14(7-10-16)13(3)17-11-15-8-5-12(2)18-15/h5-10,13,17H,4,11H2,1-3H3. The van der Waals surface area contributed by atoms with Crippen molar-refractivity contribution < 1.29 is 4.42 Å². The molecule has 0 fully saturated rings. The van der Waals surface area contributed by atoms with Crippen LogP contribution in [0.15, 0.2) is 45.7 Å². The van der Waals surface area contributed by atoms with Crippen LogP contribution in [-0.2, 0) is 6.54 Å². The lowest BCUT2D eigenvalue weighted by Crippen LogP contribution is -2.17. The van der Waals surface area contributed by atoms with E-state index in [-0.39, 0.29) is 0 Å². The number of hydrogen-bond donors (Lipinski definition) is 1. The lowest BCUT2D eigenvalue weighted by molar-refractivity contribution is 0.444. The molecule has 2 nitrogen and oxygen atoms in total. The van der Waals surface area contributed by atoms with Gasteiger partial charge in [0.2, 0.25) is 0 Å². The van der Waals surface area contributed by atoms with Crippen molar-refractivity contribution in [1.82, 2.24) is 5.32 Å². The fraction of sp³-hybridized carbons (Fsp3) is 0.375. The minimum Gasteiger partial charge on any atom is -0.465 e. The quantitative estimate of drug-likeness (QED) is 0.783. The summed E-state index contributed by atoms with van der Waals surface area (Å²) in [6.07, 6.45) is 0. The molecule has 0 bridgehead atoms. The lowest BCUT2D eigenvalue weighted by Gasteiger charge is -2.13. The van der Waals surface area contributed by atoms with Crippen molar-refractivity contribution >= 4 is 11.8 Å². The van der Waals surface area contributed by atoms with E-state index in [1.54, 1.807) is 0 Å². The number of rotatable bonds is 6. The monoisotopic (exact) mass is 275 g/mol. The Labute approximate surface area is 119 Å². The zero-order valence-electron chi connectivity index (χ0n) is 11.8. The van der Waals surface area contributed by atoms with E-state index in [2.05, 4.69) is 43.4 Å². The van der Waals surface area contributed by atoms with E-state index < -0.39 is 0 Å². The van der Waals surface area contributed by atoms with Gasteiger partial charge in [0.1, 0.15) is 11.5 Å². The zero-order valence-corrected chi connectivity index (χ0v) is 12.6. The molecule has 1 aromatic carbocycles. The second kappa shape index (κ2) is 6.83. The van der Waals surface area contributed by atoms with Crippen molar-refractivity contribution in [3.05, 3.63) is 53.5 Å². The Hall–Kier alpha value is -1.19. The lowest BCUT2D eigenvalue weighted by atomic mass is 10.1. The van der Waals surface area contributed by atoms with Gasteiger partial charge in [0.25, 0.3) is 0 Å². The van der Waals surface area contributed by atoms with E-state index in [9.17, 15) is 0 Å². The summed E-state index contributed by atoms with van der Waals surface area (Å²) in [6, 6.07) is 13.1. The van der Waals surface area contributed by atoms with Crippen molar-refractivity contribution in [1.29, 1.82) is 0 Å². The van der Waals surface area contributed by atoms with Gasteiger partial charge in [0.05, 0.1) is 6.54 Å². The van der Waals surface area contributed by atoms with Crippen LogP contribution in [0.2, 0.25) is 0 Å². The molecule has 0 aliphatic rings. The van der Waals surface area contributed by atoms with Crippen molar-refractivity contribution in [3.63, 3.8) is 0 Å². The molecule has 0 aliphatic heterocycles. The first-order valence-electron chi connectivity index (χ1n) is 6.70. The minimum atomic E-state index is 0.325. The molecule has 0 aliphatic carbocycles. The molecule has 0 saturated heterocycles. The Balaban J connectivity index is 1.90. The maximum atomic E-state index is 5.55. The molecule has 0 amide bonds. The molecule has 1 heterocycles. The van der Waals surface area contributed by atoms with Gasteiger partial charge in [-0.3, -0.25) is 0 Å². The van der Waals surface area contributed by atoms with Crippen LogP contribution in [0.25, 0.3) is 0 Å². The first-order valence-corrected chi connectivity index (χ1v) is 7.69. The summed E-state index contributed by atoms with van der Waals surface area (Å²) in [6.45, 7) is 7.09. The average molecular weight is 275 g/mol. The molecule has 0 spiro atoms. The van der Waals surface area contributed by atoms with Crippen molar-refractivity contribution in [2.45, 2.75) is 38.3 Å². The number of benzene rings is 1. The fourth-order valence-electron chi connectivity index (χ4n) is 1.97. The summed E-state index contributed by atoms with van der Waals surface area (Å²) in [5.41, 5.74) is 1.31. The highest BCUT2D eigenvalue weighted by Crippen LogP contribution is 2.21. The Morgan fingerprint density at radius 1 is 1.16 bits per heavy atom. The van der Waals surface area contributed by atoms with Crippen LogP contribution in [0.5, 0.6) is 0 Å². The summed E-state index contributed by atoms with van der Waals surface area (Å²) in [4.78, 5) is 1.33. The number of hydrogen-bond acceptors (Lipinski definition) is 3. The van der Waals surface area contributed by atoms with Gasteiger partial charge in [-0.15, -0.1) is 11.8 Å². The van der Waals surface area contributed by atoms with Crippen LogP contribution >= 0.6 is 11.8 Å². The average Bonchev–Trinajstić information content (AvgIpc) is 2.83. The molecule has 0 saturated carbocycles. The fourth-order valence-corrected chi connectivity index (χ4v) is 2.63. The Bertz CT molecular complexity index is 504. The molecular weight excluding hydrogens is 254 g/mol. The normalized spacial score (nSPS) is 12.6. The van der Waals surface area contributed by atoms with Crippen LogP contribution in [0.3, 0.4) is 0 Å². The zero-order chi connectivity index (χ0) is 13.7. The van der Waals surface area contributed by atoms with Gasteiger partial charge in [0.15, 0.2) is 0 Å². The van der Waals surface area contributed by atoms with Gasteiger partial charge in [-0.2, -0.15) is 0 Å². The highest BCUT2D eigenvalue weighted by Gasteiger charge is 2.06. The summed E-state index contributed by atoms with van der Waals surface area (Å²) in [7, 11) is 0. The van der Waals surface area contributed by atoms with Gasteiger partial charge >= 0.3 is 0 Å². The maximum absolute atomic E-state index is 5.55. The highest BCUT2D eigenvalue weighted by atomic mass is 32.2. The summed E-state index contributed by atoms with van der Waals surface area (Å²) >= 11 is 1.87. The first kappa shape index (κ1) is 14.2. The third kappa shape index (κ3) is 4.15. The van der Waals surface area contributed by atoms with Crippen LogP contribution in [0.4, 0.5) is 0 Å². The molecule has 3 heteroatoms. The molecule has 0 radical (unpaired) electrons. The third-order valence-corrected chi connectivity index (χ3v) is 3.96. The van der Waals surface area contributed by atoms with Gasteiger partial charge < -0.3 is 9.73 Å². The third-order valence-electron chi connectivity index (χ3n) is 3.07. The summed E-state index contributed by atoms with van der Waals surface area (Å²) in [5, 5.41) is 3.48. The van der Waals surface area contributed by atoms with E-state index in [1.807, 2.05) is 30.8 Å². The molecule has 2 rings (SSSR count). The van der Waals surface area contributed by atoms with E-state index in [0.29, 0.717) is 6.04 Å². The molecule has 1 N–H and O–H groups in total. The predicted octanol–water partition coefficient (Wildman–Crippen LogP) is 4.55. The summed E-state index contributed by atoms with van der Waals surface area (Å²) in [5.74, 6) is 3.07. The van der Waals surface area contributed by atoms with Gasteiger partial charge in [-0.05, 0) is 49.4 Å². The SMILES string of the molecule is CCSc1ccc(C(C)NCc2ccc(C)o2)cc1. The van der Waals surface area contributed by atoms with E-state index >= 15 is 0 Å². The van der Waals surface area contributed by atoms with E-state index in [4.69, 9.17) is 4.42 Å². The van der Waals surface area contributed by atoms with Crippen molar-refractivity contribution in [3.8, 4) is 0 Å².